The van der Waals surface area contributed by atoms with Crippen molar-refractivity contribution in [3.63, 3.8) is 0 Å². The first-order chi connectivity index (χ1) is 12.2. The van der Waals surface area contributed by atoms with Gasteiger partial charge in [-0.25, -0.2) is 4.39 Å². The molecule has 2 heterocycles. The molecule has 2 aliphatic heterocycles. The van der Waals surface area contributed by atoms with Gasteiger partial charge in [0.15, 0.2) is 0 Å². The molecule has 3 rings (SSSR count). The first kappa shape index (κ1) is 17.9. The molecule has 1 aromatic carbocycles. The van der Waals surface area contributed by atoms with Crippen molar-refractivity contribution in [2.75, 3.05) is 26.2 Å². The number of carbonyl (C=O) groups excluding carboxylic acids is 1. The minimum absolute atomic E-state index is 0.128. The van der Waals surface area contributed by atoms with E-state index in [1.54, 1.807) is 0 Å². The van der Waals surface area contributed by atoms with Crippen LogP contribution in [0.25, 0.3) is 0 Å². The summed E-state index contributed by atoms with van der Waals surface area (Å²) in [5, 5.41) is 0. The summed E-state index contributed by atoms with van der Waals surface area (Å²) in [5.74, 6) is 2.92. The van der Waals surface area contributed by atoms with E-state index in [2.05, 4.69) is 15.7 Å². The van der Waals surface area contributed by atoms with Crippen molar-refractivity contribution in [2.24, 2.45) is 5.92 Å². The molecule has 0 N–H and O–H groups in total. The average Bonchev–Trinajstić information content (AvgIpc) is 2.64. The second-order valence-corrected chi connectivity index (χ2v) is 7.27. The van der Waals surface area contributed by atoms with Gasteiger partial charge in [0.25, 0.3) is 0 Å². The number of rotatable bonds is 4. The second kappa shape index (κ2) is 8.49. The Morgan fingerprint density at radius 3 is 2.52 bits per heavy atom. The number of halogens is 1. The average molecular weight is 342 g/mol. The van der Waals surface area contributed by atoms with E-state index < -0.39 is 0 Å². The predicted molar refractivity (Wildman–Crippen MR) is 97.5 cm³/mol. The molecule has 2 aliphatic rings. The van der Waals surface area contributed by atoms with Crippen LogP contribution in [-0.4, -0.2) is 47.9 Å². The van der Waals surface area contributed by atoms with Gasteiger partial charge in [-0.1, -0.05) is 18.1 Å². The molecule has 25 heavy (non-hydrogen) atoms. The van der Waals surface area contributed by atoms with Crippen molar-refractivity contribution < 1.29 is 9.18 Å². The number of benzene rings is 1. The highest BCUT2D eigenvalue weighted by atomic mass is 19.1. The maximum absolute atomic E-state index is 13.1. The van der Waals surface area contributed by atoms with E-state index in [9.17, 15) is 9.18 Å². The summed E-state index contributed by atoms with van der Waals surface area (Å²) in [5.41, 5.74) is 1.11. The minimum atomic E-state index is -0.209. The highest BCUT2D eigenvalue weighted by Gasteiger charge is 2.33. The molecule has 0 aromatic heterocycles. The summed E-state index contributed by atoms with van der Waals surface area (Å²) in [6, 6.07) is 6.93. The molecule has 1 amide bonds. The molecule has 0 bridgehead atoms. The van der Waals surface area contributed by atoms with Gasteiger partial charge in [0.2, 0.25) is 5.91 Å². The van der Waals surface area contributed by atoms with Crippen LogP contribution in [0.15, 0.2) is 24.3 Å². The molecule has 0 radical (unpaired) electrons. The number of hydrogen-bond acceptors (Lipinski definition) is 2. The van der Waals surface area contributed by atoms with Crippen LogP contribution < -0.4 is 0 Å². The third-order valence-electron chi connectivity index (χ3n) is 5.55. The van der Waals surface area contributed by atoms with Crippen molar-refractivity contribution in [1.29, 1.82) is 0 Å². The number of piperidine rings is 2. The van der Waals surface area contributed by atoms with Gasteiger partial charge >= 0.3 is 0 Å². The number of hydrogen-bond donors (Lipinski definition) is 0. The summed E-state index contributed by atoms with van der Waals surface area (Å²) < 4.78 is 13.1. The van der Waals surface area contributed by atoms with Gasteiger partial charge in [-0.2, -0.15) is 0 Å². The van der Waals surface area contributed by atoms with E-state index >= 15 is 0 Å². The Balaban J connectivity index is 1.61. The normalized spacial score (nSPS) is 22.6. The van der Waals surface area contributed by atoms with Crippen LogP contribution in [0.2, 0.25) is 0 Å². The highest BCUT2D eigenvalue weighted by Crippen LogP contribution is 2.26. The SMILES string of the molecule is C#CCN1CCC(C(=O)N2CCCC[C@H]2Cc2ccc(F)cc2)CC1. The van der Waals surface area contributed by atoms with Crippen molar-refractivity contribution in [3.8, 4) is 12.3 Å². The number of carbonyl (C=O) groups is 1. The molecule has 1 aromatic rings. The topological polar surface area (TPSA) is 23.6 Å². The largest absolute Gasteiger partial charge is 0.339 e. The maximum atomic E-state index is 13.1. The lowest BCUT2D eigenvalue weighted by atomic mass is 9.90. The molecule has 0 aliphatic carbocycles. The fourth-order valence-corrected chi connectivity index (χ4v) is 4.10. The van der Waals surface area contributed by atoms with Crippen LogP contribution >= 0.6 is 0 Å². The van der Waals surface area contributed by atoms with Gasteiger partial charge in [0.05, 0.1) is 6.54 Å². The lowest BCUT2D eigenvalue weighted by molar-refractivity contribution is -0.140. The van der Waals surface area contributed by atoms with E-state index in [0.717, 1.165) is 63.7 Å². The second-order valence-electron chi connectivity index (χ2n) is 7.27. The van der Waals surface area contributed by atoms with Gasteiger partial charge in [0.1, 0.15) is 5.82 Å². The molecule has 1 atom stereocenters. The molecular weight excluding hydrogens is 315 g/mol. The zero-order valence-electron chi connectivity index (χ0n) is 14.8. The lowest BCUT2D eigenvalue weighted by Gasteiger charge is -2.40. The van der Waals surface area contributed by atoms with Gasteiger partial charge in [-0.05, 0) is 69.3 Å². The molecule has 4 heteroatoms. The molecule has 3 nitrogen and oxygen atoms in total. The quantitative estimate of drug-likeness (QED) is 0.785. The Bertz CT molecular complexity index is 614. The van der Waals surface area contributed by atoms with Gasteiger partial charge in [-0.15, -0.1) is 6.42 Å². The van der Waals surface area contributed by atoms with E-state index in [0.29, 0.717) is 12.5 Å². The number of amides is 1. The van der Waals surface area contributed by atoms with Crippen LogP contribution in [0.3, 0.4) is 0 Å². The Morgan fingerprint density at radius 2 is 1.84 bits per heavy atom. The van der Waals surface area contributed by atoms with Crippen LogP contribution in [0.5, 0.6) is 0 Å². The maximum Gasteiger partial charge on any atom is 0.226 e. The molecule has 0 saturated carbocycles. The molecule has 2 saturated heterocycles. The van der Waals surface area contributed by atoms with E-state index in [4.69, 9.17) is 6.42 Å². The number of terminal acetylenes is 1. The first-order valence-electron chi connectivity index (χ1n) is 9.38. The van der Waals surface area contributed by atoms with Gasteiger partial charge < -0.3 is 4.90 Å². The third-order valence-corrected chi connectivity index (χ3v) is 5.55. The molecular formula is C21H27FN2O. The van der Waals surface area contributed by atoms with Crippen molar-refractivity contribution in [2.45, 2.75) is 44.6 Å². The van der Waals surface area contributed by atoms with Crippen LogP contribution in [0.4, 0.5) is 4.39 Å². The Hall–Kier alpha value is -1.86. The molecule has 2 fully saturated rings. The minimum Gasteiger partial charge on any atom is -0.339 e. The van der Waals surface area contributed by atoms with Crippen molar-refractivity contribution >= 4 is 5.91 Å². The first-order valence-corrected chi connectivity index (χ1v) is 9.38. The number of likely N-dealkylation sites (tertiary alicyclic amines) is 2. The fourth-order valence-electron chi connectivity index (χ4n) is 4.10. The third kappa shape index (κ3) is 4.61. The molecule has 134 valence electrons. The van der Waals surface area contributed by atoms with Crippen molar-refractivity contribution in [3.05, 3.63) is 35.6 Å². The van der Waals surface area contributed by atoms with Crippen LogP contribution in [0, 0.1) is 24.1 Å². The van der Waals surface area contributed by atoms with Crippen LogP contribution in [0.1, 0.15) is 37.7 Å². The Morgan fingerprint density at radius 1 is 1.12 bits per heavy atom. The Labute approximate surface area is 150 Å². The summed E-state index contributed by atoms with van der Waals surface area (Å²) in [6.45, 7) is 3.36. The summed E-state index contributed by atoms with van der Waals surface area (Å²) in [6.07, 6.45) is 11.3. The zero-order chi connectivity index (χ0) is 17.6. The van der Waals surface area contributed by atoms with Crippen molar-refractivity contribution in [1.82, 2.24) is 9.80 Å². The van der Waals surface area contributed by atoms with E-state index in [1.807, 2.05) is 12.1 Å². The molecule has 0 spiro atoms. The predicted octanol–water partition coefficient (Wildman–Crippen LogP) is 3.09. The van der Waals surface area contributed by atoms with Gasteiger partial charge in [-0.3, -0.25) is 9.69 Å². The van der Waals surface area contributed by atoms with Crippen LogP contribution in [-0.2, 0) is 11.2 Å². The smallest absolute Gasteiger partial charge is 0.226 e. The van der Waals surface area contributed by atoms with E-state index in [-0.39, 0.29) is 17.8 Å². The zero-order valence-corrected chi connectivity index (χ0v) is 14.8. The summed E-state index contributed by atoms with van der Waals surface area (Å²) >= 11 is 0. The van der Waals surface area contributed by atoms with E-state index in [1.165, 1.54) is 12.1 Å². The number of nitrogens with zero attached hydrogens (tertiary/aromatic N) is 2. The summed E-state index contributed by atoms with van der Waals surface area (Å²) in [7, 11) is 0. The van der Waals surface area contributed by atoms with Gasteiger partial charge in [0, 0.05) is 18.5 Å². The lowest BCUT2D eigenvalue weighted by Crippen LogP contribution is -2.49. The monoisotopic (exact) mass is 342 g/mol. The Kier molecular flexibility index (Phi) is 6.09. The molecule has 0 unspecified atom stereocenters. The highest BCUT2D eigenvalue weighted by molar-refractivity contribution is 5.79. The standard InChI is InChI=1S/C21H27FN2O/c1-2-12-23-14-10-18(11-15-23)21(25)24-13-4-3-5-20(24)16-17-6-8-19(22)9-7-17/h1,6-9,18,20H,3-5,10-16H2/t20-/m0/s1. The summed E-state index contributed by atoms with van der Waals surface area (Å²) in [4.78, 5) is 17.4. The fraction of sp³-hybridized carbons (Fsp3) is 0.571.